The highest BCUT2D eigenvalue weighted by molar-refractivity contribution is 5.86. The molecule has 1 aliphatic rings. The Morgan fingerprint density at radius 3 is 2.33 bits per heavy atom. The Labute approximate surface area is 252 Å². The number of aliphatic hydroxyl groups is 1. The summed E-state index contributed by atoms with van der Waals surface area (Å²) in [5, 5.41) is 15.6. The third-order valence-corrected chi connectivity index (χ3v) is 7.60. The fourth-order valence-electron chi connectivity index (χ4n) is 5.21. The van der Waals surface area contributed by atoms with Gasteiger partial charge in [-0.15, -0.1) is 0 Å². The zero-order valence-electron chi connectivity index (χ0n) is 24.2. The zero-order chi connectivity index (χ0) is 30.4. The van der Waals surface area contributed by atoms with E-state index in [1.807, 2.05) is 72.8 Å². The van der Waals surface area contributed by atoms with Gasteiger partial charge in [-0.1, -0.05) is 84.9 Å². The van der Waals surface area contributed by atoms with Crippen LogP contribution in [0.1, 0.15) is 48.5 Å². The number of rotatable bonds is 9. The number of hydrogen-bond donors (Lipinski definition) is 3. The van der Waals surface area contributed by atoms with E-state index < -0.39 is 24.0 Å². The monoisotopic (exact) mass is 586 g/mol. The van der Waals surface area contributed by atoms with Crippen molar-refractivity contribution in [3.05, 3.63) is 120 Å². The fraction of sp³-hybridized carbons (Fsp3) is 0.343. The number of aliphatic hydroxyl groups excluding tert-OH is 1. The van der Waals surface area contributed by atoms with Crippen LogP contribution in [0, 0.1) is 17.7 Å². The maximum atomic E-state index is 13.5. The molecule has 0 saturated heterocycles. The van der Waals surface area contributed by atoms with Gasteiger partial charge in [0.15, 0.2) is 0 Å². The van der Waals surface area contributed by atoms with Crippen molar-refractivity contribution in [1.82, 2.24) is 10.6 Å². The third-order valence-electron chi connectivity index (χ3n) is 7.60. The predicted octanol–water partition coefficient (Wildman–Crippen LogP) is 4.85. The zero-order valence-corrected chi connectivity index (χ0v) is 24.2. The molecule has 0 fully saturated rings. The van der Waals surface area contributed by atoms with E-state index >= 15 is 0 Å². The smallest absolute Gasteiger partial charge is 0.309 e. The van der Waals surface area contributed by atoms with Crippen LogP contribution >= 0.6 is 0 Å². The fourth-order valence-corrected chi connectivity index (χ4v) is 5.21. The van der Waals surface area contributed by atoms with Crippen molar-refractivity contribution in [2.75, 3.05) is 13.2 Å². The molecule has 1 heterocycles. The number of cyclic esters (lactones) is 1. The second kappa shape index (κ2) is 16.4. The van der Waals surface area contributed by atoms with Gasteiger partial charge in [0.25, 0.3) is 0 Å². The molecule has 0 aromatic heterocycles. The Morgan fingerprint density at radius 1 is 0.930 bits per heavy atom. The third kappa shape index (κ3) is 10.2. The molecule has 3 N–H and O–H groups in total. The first-order valence-corrected chi connectivity index (χ1v) is 14.8. The number of carbonyl (C=O) groups excluding carboxylic acids is 3. The first-order valence-electron chi connectivity index (χ1n) is 14.8. The molecule has 1 aliphatic heterocycles. The van der Waals surface area contributed by atoms with Crippen molar-refractivity contribution in [2.45, 2.75) is 50.7 Å². The number of benzene rings is 3. The number of hydrogen-bond acceptors (Lipinski definition) is 5. The summed E-state index contributed by atoms with van der Waals surface area (Å²) >= 11 is 0. The number of esters is 1. The lowest BCUT2D eigenvalue weighted by Gasteiger charge is -2.24. The highest BCUT2D eigenvalue weighted by atomic mass is 19.1. The van der Waals surface area contributed by atoms with Crippen LogP contribution < -0.4 is 10.6 Å². The number of amides is 2. The number of ether oxygens (including phenoxy) is 1. The van der Waals surface area contributed by atoms with E-state index in [2.05, 4.69) is 10.6 Å². The quantitative estimate of drug-likeness (QED) is 0.246. The van der Waals surface area contributed by atoms with Crippen LogP contribution in [0.2, 0.25) is 0 Å². The summed E-state index contributed by atoms with van der Waals surface area (Å²) in [7, 11) is 0. The van der Waals surface area contributed by atoms with Gasteiger partial charge in [-0.3, -0.25) is 14.4 Å². The Kier molecular flexibility index (Phi) is 12.0. The normalized spacial score (nSPS) is 21.2. The minimum Gasteiger partial charge on any atom is -0.455 e. The molecule has 0 saturated carbocycles. The molecular formula is C35H39FN2O5. The maximum Gasteiger partial charge on any atom is 0.309 e. The van der Waals surface area contributed by atoms with E-state index in [0.29, 0.717) is 32.1 Å². The van der Waals surface area contributed by atoms with Crippen molar-refractivity contribution in [2.24, 2.45) is 11.8 Å². The van der Waals surface area contributed by atoms with Gasteiger partial charge in [-0.25, -0.2) is 4.39 Å². The van der Waals surface area contributed by atoms with Crippen molar-refractivity contribution >= 4 is 17.8 Å². The van der Waals surface area contributed by atoms with Gasteiger partial charge in [-0.05, 0) is 60.9 Å². The van der Waals surface area contributed by atoms with Gasteiger partial charge in [0.2, 0.25) is 11.8 Å². The van der Waals surface area contributed by atoms with Crippen molar-refractivity contribution in [3.63, 3.8) is 0 Å². The molecule has 4 rings (SSSR count). The molecule has 43 heavy (non-hydrogen) atoms. The molecule has 0 aliphatic carbocycles. The van der Waals surface area contributed by atoms with Crippen LogP contribution in [-0.4, -0.2) is 42.1 Å². The Morgan fingerprint density at radius 2 is 1.63 bits per heavy atom. The average molecular weight is 587 g/mol. The van der Waals surface area contributed by atoms with Gasteiger partial charge < -0.3 is 20.5 Å². The van der Waals surface area contributed by atoms with Crippen LogP contribution in [-0.2, 0) is 32.0 Å². The van der Waals surface area contributed by atoms with Crippen molar-refractivity contribution in [3.8, 4) is 0 Å². The highest BCUT2D eigenvalue weighted by Crippen LogP contribution is 2.24. The van der Waals surface area contributed by atoms with Gasteiger partial charge >= 0.3 is 5.97 Å². The average Bonchev–Trinajstić information content (AvgIpc) is 3.03. The van der Waals surface area contributed by atoms with Crippen LogP contribution in [0.3, 0.4) is 0 Å². The van der Waals surface area contributed by atoms with E-state index in [4.69, 9.17) is 4.74 Å². The standard InChI is InChI=1S/C35H39FN2O5/c36-30-18-16-26(17-19-30)20-29-15-9-3-8-14-28(22-33(40)38-31(24-39)21-25-10-4-1-5-11-25)34(41)37-23-32(43-35(29)42)27-12-6-2-7-13-27/h1-8,10-13,16-19,28-29,31-32,39H,9,14-15,20-24H2,(H,37,41)(H,38,40)/b8-3-/t28-,29+,31-,32-/m1/s1. The summed E-state index contributed by atoms with van der Waals surface area (Å²) in [5.41, 5.74) is 2.57. The van der Waals surface area contributed by atoms with Gasteiger partial charge in [0, 0.05) is 6.42 Å². The van der Waals surface area contributed by atoms with Crippen LogP contribution in [0.4, 0.5) is 4.39 Å². The molecule has 4 atom stereocenters. The minimum atomic E-state index is -0.721. The molecule has 0 radical (unpaired) electrons. The first-order chi connectivity index (χ1) is 20.9. The van der Waals surface area contributed by atoms with Gasteiger partial charge in [0.05, 0.1) is 31.0 Å². The molecule has 3 aromatic rings. The van der Waals surface area contributed by atoms with Gasteiger partial charge in [-0.2, -0.15) is 0 Å². The lowest BCUT2D eigenvalue weighted by molar-refractivity contribution is -0.155. The second-order valence-corrected chi connectivity index (χ2v) is 10.9. The maximum absolute atomic E-state index is 13.5. The van der Waals surface area contributed by atoms with Gasteiger partial charge in [0.1, 0.15) is 11.9 Å². The molecule has 7 nitrogen and oxygen atoms in total. The number of nitrogens with one attached hydrogen (secondary N) is 2. The van der Waals surface area contributed by atoms with E-state index in [-0.39, 0.29) is 43.2 Å². The summed E-state index contributed by atoms with van der Waals surface area (Å²) in [6.45, 7) is -0.173. The van der Waals surface area contributed by atoms with Crippen LogP contribution in [0.5, 0.6) is 0 Å². The predicted molar refractivity (Wildman–Crippen MR) is 162 cm³/mol. The van der Waals surface area contributed by atoms with E-state index in [1.165, 1.54) is 12.1 Å². The molecule has 0 unspecified atom stereocenters. The number of carbonyl (C=O) groups is 3. The van der Waals surface area contributed by atoms with Crippen LogP contribution in [0.25, 0.3) is 0 Å². The number of halogens is 1. The number of allylic oxidation sites excluding steroid dienone is 2. The Balaban J connectivity index is 1.47. The highest BCUT2D eigenvalue weighted by Gasteiger charge is 2.28. The largest absolute Gasteiger partial charge is 0.455 e. The molecular weight excluding hydrogens is 547 g/mol. The molecule has 3 aromatic carbocycles. The SMILES string of the molecule is O=C(C[C@H]1C/C=C\CC[C@@H](Cc2ccc(F)cc2)C(=O)O[C@@H](c2ccccc2)CNC1=O)N[C@@H](CO)Cc1ccccc1. The lowest BCUT2D eigenvalue weighted by atomic mass is 9.94. The molecule has 2 amide bonds. The molecule has 8 heteroatoms. The van der Waals surface area contributed by atoms with E-state index in [9.17, 15) is 23.9 Å². The minimum absolute atomic E-state index is 0.0486. The summed E-state index contributed by atoms with van der Waals surface area (Å²) in [6.07, 6.45) is 5.32. The first kappa shape index (κ1) is 31.6. The topological polar surface area (TPSA) is 105 Å². The van der Waals surface area contributed by atoms with Crippen molar-refractivity contribution < 1.29 is 28.6 Å². The lowest BCUT2D eigenvalue weighted by Crippen LogP contribution is -2.42. The summed E-state index contributed by atoms with van der Waals surface area (Å²) < 4.78 is 19.4. The Bertz CT molecular complexity index is 1350. The van der Waals surface area contributed by atoms with Crippen LogP contribution in [0.15, 0.2) is 97.1 Å². The Hall–Kier alpha value is -4.30. The van der Waals surface area contributed by atoms with Crippen molar-refractivity contribution in [1.29, 1.82) is 0 Å². The van der Waals surface area contributed by atoms with E-state index in [0.717, 1.165) is 16.7 Å². The molecule has 0 bridgehead atoms. The van der Waals surface area contributed by atoms with E-state index in [1.54, 1.807) is 12.1 Å². The summed E-state index contributed by atoms with van der Waals surface area (Å²) in [6, 6.07) is 24.4. The second-order valence-electron chi connectivity index (χ2n) is 10.9. The summed E-state index contributed by atoms with van der Waals surface area (Å²) in [4.78, 5) is 39.8. The summed E-state index contributed by atoms with van der Waals surface area (Å²) in [5.74, 6) is -2.46. The molecule has 226 valence electrons. The molecule has 0 spiro atoms.